The van der Waals surface area contributed by atoms with Gasteiger partial charge in [-0.1, -0.05) is 0 Å². The van der Waals surface area contributed by atoms with Crippen LogP contribution in [0, 0.1) is 0 Å². The Balaban J connectivity index is 2.43. The average molecular weight is 312 g/mol. The van der Waals surface area contributed by atoms with Crippen molar-refractivity contribution in [1.82, 2.24) is 5.32 Å². The first-order chi connectivity index (χ1) is 10.1. The van der Waals surface area contributed by atoms with E-state index in [4.69, 9.17) is 26.4 Å². The van der Waals surface area contributed by atoms with Crippen molar-refractivity contribution < 1.29 is 14.2 Å². The number of nitrogens with one attached hydrogen (secondary N) is 2. The summed E-state index contributed by atoms with van der Waals surface area (Å²) in [5.74, 6) is 1.45. The molecule has 1 rings (SSSR count). The van der Waals surface area contributed by atoms with Crippen LogP contribution in [0.2, 0.25) is 0 Å². The number of ether oxygens (including phenoxy) is 3. The Morgan fingerprint density at radius 3 is 2.62 bits per heavy atom. The molecule has 0 saturated heterocycles. The lowest BCUT2D eigenvalue weighted by atomic mass is 10.2. The van der Waals surface area contributed by atoms with Crippen molar-refractivity contribution in [3.05, 3.63) is 18.2 Å². The summed E-state index contributed by atoms with van der Waals surface area (Å²) in [6, 6.07) is 5.51. The third kappa shape index (κ3) is 6.64. The van der Waals surface area contributed by atoms with Gasteiger partial charge in [0.2, 0.25) is 0 Å². The van der Waals surface area contributed by atoms with E-state index in [-0.39, 0.29) is 6.10 Å². The SMILES string of the molecule is COc1ccc(OC)c(NC(=S)NCCCOC(C)C)c1. The smallest absolute Gasteiger partial charge is 0.170 e. The zero-order valence-corrected chi connectivity index (χ0v) is 13.9. The van der Waals surface area contributed by atoms with Gasteiger partial charge in [0.25, 0.3) is 0 Å². The van der Waals surface area contributed by atoms with E-state index < -0.39 is 0 Å². The molecule has 0 aliphatic heterocycles. The summed E-state index contributed by atoms with van der Waals surface area (Å²) in [6.07, 6.45) is 1.16. The van der Waals surface area contributed by atoms with Crippen molar-refractivity contribution >= 4 is 23.0 Å². The maximum atomic E-state index is 5.47. The highest BCUT2D eigenvalue weighted by Crippen LogP contribution is 2.28. The largest absolute Gasteiger partial charge is 0.497 e. The molecule has 118 valence electrons. The van der Waals surface area contributed by atoms with E-state index in [1.165, 1.54) is 0 Å². The Kier molecular flexibility index (Phi) is 7.85. The van der Waals surface area contributed by atoms with Gasteiger partial charge in [0.05, 0.1) is 26.0 Å². The summed E-state index contributed by atoms with van der Waals surface area (Å²) in [7, 11) is 3.24. The van der Waals surface area contributed by atoms with Crippen LogP contribution in [0.5, 0.6) is 11.5 Å². The number of hydrogen-bond donors (Lipinski definition) is 2. The van der Waals surface area contributed by atoms with Crippen LogP contribution in [-0.2, 0) is 4.74 Å². The molecule has 0 aliphatic rings. The maximum absolute atomic E-state index is 5.47. The highest BCUT2D eigenvalue weighted by Gasteiger charge is 2.06. The second-order valence-electron chi connectivity index (χ2n) is 4.72. The zero-order valence-electron chi connectivity index (χ0n) is 13.1. The van der Waals surface area contributed by atoms with Gasteiger partial charge in [-0.05, 0) is 44.6 Å². The molecular formula is C15H24N2O3S. The fourth-order valence-electron chi connectivity index (χ4n) is 1.67. The lowest BCUT2D eigenvalue weighted by molar-refractivity contribution is 0.0777. The van der Waals surface area contributed by atoms with Gasteiger partial charge in [-0.25, -0.2) is 0 Å². The molecule has 21 heavy (non-hydrogen) atoms. The van der Waals surface area contributed by atoms with Gasteiger partial charge in [-0.3, -0.25) is 0 Å². The van der Waals surface area contributed by atoms with Crippen molar-refractivity contribution in [3.63, 3.8) is 0 Å². The first-order valence-electron chi connectivity index (χ1n) is 6.95. The van der Waals surface area contributed by atoms with Crippen molar-refractivity contribution in [3.8, 4) is 11.5 Å². The lowest BCUT2D eigenvalue weighted by Crippen LogP contribution is -2.30. The summed E-state index contributed by atoms with van der Waals surface area (Å²) in [4.78, 5) is 0. The van der Waals surface area contributed by atoms with Gasteiger partial charge in [-0.15, -0.1) is 0 Å². The molecular weight excluding hydrogens is 288 g/mol. The molecule has 0 amide bonds. The van der Waals surface area contributed by atoms with E-state index in [2.05, 4.69) is 10.6 Å². The molecule has 0 fully saturated rings. The van der Waals surface area contributed by atoms with Crippen LogP contribution in [0.3, 0.4) is 0 Å². The minimum atomic E-state index is 0.260. The topological polar surface area (TPSA) is 51.8 Å². The first-order valence-corrected chi connectivity index (χ1v) is 7.36. The van der Waals surface area contributed by atoms with Crippen molar-refractivity contribution in [2.45, 2.75) is 26.4 Å². The first kappa shape index (κ1) is 17.5. The fraction of sp³-hybridized carbons (Fsp3) is 0.533. The number of hydrogen-bond acceptors (Lipinski definition) is 4. The van der Waals surface area contributed by atoms with Crippen molar-refractivity contribution in [2.75, 3.05) is 32.7 Å². The Hall–Kier alpha value is -1.53. The summed E-state index contributed by atoms with van der Waals surface area (Å²) in [5, 5.41) is 6.80. The van der Waals surface area contributed by atoms with Crippen LogP contribution in [0.1, 0.15) is 20.3 Å². The quantitative estimate of drug-likeness (QED) is 0.569. The maximum Gasteiger partial charge on any atom is 0.170 e. The molecule has 0 bridgehead atoms. The zero-order chi connectivity index (χ0) is 15.7. The molecule has 1 aromatic carbocycles. The molecule has 0 spiro atoms. The van der Waals surface area contributed by atoms with E-state index in [0.717, 1.165) is 31.0 Å². The van der Waals surface area contributed by atoms with Crippen LogP contribution in [-0.4, -0.2) is 38.6 Å². The molecule has 0 unspecified atom stereocenters. The number of methoxy groups -OCH3 is 2. The van der Waals surface area contributed by atoms with Crippen LogP contribution >= 0.6 is 12.2 Å². The van der Waals surface area contributed by atoms with Gasteiger partial charge in [0, 0.05) is 19.2 Å². The number of rotatable bonds is 8. The van der Waals surface area contributed by atoms with Crippen LogP contribution in [0.4, 0.5) is 5.69 Å². The minimum absolute atomic E-state index is 0.260. The second kappa shape index (κ2) is 9.41. The third-order valence-electron chi connectivity index (χ3n) is 2.71. The Bertz CT molecular complexity index is 453. The Morgan fingerprint density at radius 1 is 1.24 bits per heavy atom. The lowest BCUT2D eigenvalue weighted by Gasteiger charge is -2.14. The van der Waals surface area contributed by atoms with E-state index >= 15 is 0 Å². The number of thiocarbonyl (C=S) groups is 1. The predicted octanol–water partition coefficient (Wildman–Crippen LogP) is 2.81. The highest BCUT2D eigenvalue weighted by atomic mass is 32.1. The molecule has 1 aromatic rings. The van der Waals surface area contributed by atoms with Crippen molar-refractivity contribution in [2.24, 2.45) is 0 Å². The Labute approximate surface area is 132 Å². The molecule has 0 saturated carbocycles. The van der Waals surface area contributed by atoms with Gasteiger partial charge < -0.3 is 24.8 Å². The molecule has 2 N–H and O–H groups in total. The molecule has 0 radical (unpaired) electrons. The van der Waals surface area contributed by atoms with Crippen molar-refractivity contribution in [1.29, 1.82) is 0 Å². The van der Waals surface area contributed by atoms with Crippen LogP contribution in [0.25, 0.3) is 0 Å². The van der Waals surface area contributed by atoms with E-state index in [9.17, 15) is 0 Å². The molecule has 0 aromatic heterocycles. The van der Waals surface area contributed by atoms with Gasteiger partial charge >= 0.3 is 0 Å². The highest BCUT2D eigenvalue weighted by molar-refractivity contribution is 7.80. The number of anilines is 1. The standard InChI is InChI=1S/C15H24N2O3S/c1-11(2)20-9-5-8-16-15(21)17-13-10-12(18-3)6-7-14(13)19-4/h6-7,10-11H,5,8-9H2,1-4H3,(H2,16,17,21). The third-order valence-corrected chi connectivity index (χ3v) is 2.96. The van der Waals surface area contributed by atoms with Crippen LogP contribution < -0.4 is 20.1 Å². The minimum Gasteiger partial charge on any atom is -0.497 e. The normalized spacial score (nSPS) is 10.3. The van der Waals surface area contributed by atoms with E-state index in [0.29, 0.717) is 10.9 Å². The fourth-order valence-corrected chi connectivity index (χ4v) is 1.88. The summed E-state index contributed by atoms with van der Waals surface area (Å²) in [6.45, 7) is 5.52. The number of benzene rings is 1. The summed E-state index contributed by atoms with van der Waals surface area (Å²) >= 11 is 5.26. The predicted molar refractivity (Wildman–Crippen MR) is 89.5 cm³/mol. The van der Waals surface area contributed by atoms with E-state index in [1.807, 2.05) is 32.0 Å². The summed E-state index contributed by atoms with van der Waals surface area (Å²) in [5.41, 5.74) is 0.771. The molecule has 6 heteroatoms. The molecule has 0 aliphatic carbocycles. The Morgan fingerprint density at radius 2 is 2.00 bits per heavy atom. The molecule has 0 atom stereocenters. The monoisotopic (exact) mass is 312 g/mol. The molecule has 5 nitrogen and oxygen atoms in total. The van der Waals surface area contributed by atoms with Crippen LogP contribution in [0.15, 0.2) is 18.2 Å². The molecule has 0 heterocycles. The van der Waals surface area contributed by atoms with Gasteiger partial charge in [0.15, 0.2) is 5.11 Å². The van der Waals surface area contributed by atoms with E-state index in [1.54, 1.807) is 14.2 Å². The second-order valence-corrected chi connectivity index (χ2v) is 5.13. The van der Waals surface area contributed by atoms with Gasteiger partial charge in [0.1, 0.15) is 11.5 Å². The van der Waals surface area contributed by atoms with Gasteiger partial charge in [-0.2, -0.15) is 0 Å². The summed E-state index contributed by atoms with van der Waals surface area (Å²) < 4.78 is 16.0. The average Bonchev–Trinajstić information content (AvgIpc) is 2.46.